The van der Waals surface area contributed by atoms with Gasteiger partial charge in [-0.15, -0.1) is 0 Å². The summed E-state index contributed by atoms with van der Waals surface area (Å²) in [6, 6.07) is 18.4. The summed E-state index contributed by atoms with van der Waals surface area (Å²) in [4.78, 5) is 12.5. The number of likely N-dealkylation sites (N-methyl/N-ethyl adjacent to an activating group) is 1. The largest absolute Gasteiger partial charge is 0.385 e. The van der Waals surface area contributed by atoms with E-state index < -0.39 is 0 Å². The van der Waals surface area contributed by atoms with Crippen molar-refractivity contribution in [2.45, 2.75) is 50.2 Å². The van der Waals surface area contributed by atoms with Crippen LogP contribution in [0.1, 0.15) is 24.8 Å². The van der Waals surface area contributed by atoms with Gasteiger partial charge in [0.2, 0.25) is 0 Å². The number of aromatic amines is 1. The average Bonchev–Trinajstić information content (AvgIpc) is 3.71. The van der Waals surface area contributed by atoms with Crippen LogP contribution in [0.3, 0.4) is 0 Å². The second-order valence-corrected chi connectivity index (χ2v) is 12.0. The van der Waals surface area contributed by atoms with E-state index >= 15 is 0 Å². The highest BCUT2D eigenvalue weighted by Gasteiger charge is 2.40. The van der Waals surface area contributed by atoms with Crippen LogP contribution in [0.15, 0.2) is 72.1 Å². The van der Waals surface area contributed by atoms with Crippen molar-refractivity contribution in [3.8, 4) is 0 Å². The molecular formula is C31H42N10. The molecule has 2 saturated heterocycles. The Morgan fingerprint density at radius 3 is 2.73 bits per heavy atom. The van der Waals surface area contributed by atoms with Crippen molar-refractivity contribution in [1.82, 2.24) is 40.8 Å². The van der Waals surface area contributed by atoms with Gasteiger partial charge in [-0.05, 0) is 56.0 Å². The minimum atomic E-state index is -0.111. The molecule has 1 saturated carbocycles. The fraction of sp³-hybridized carbons (Fsp3) is 0.484. The Morgan fingerprint density at radius 2 is 1.85 bits per heavy atom. The Bertz CT molecular complexity index is 1360. The third-order valence-electron chi connectivity index (χ3n) is 9.31. The summed E-state index contributed by atoms with van der Waals surface area (Å²) in [5, 5.41) is 23.2. The zero-order chi connectivity index (χ0) is 27.6. The van der Waals surface area contributed by atoms with Gasteiger partial charge in [0, 0.05) is 80.9 Å². The van der Waals surface area contributed by atoms with E-state index in [1.807, 2.05) is 12.4 Å². The first kappa shape index (κ1) is 26.2. The van der Waals surface area contributed by atoms with Crippen molar-refractivity contribution >= 4 is 22.5 Å². The van der Waals surface area contributed by atoms with Crippen molar-refractivity contribution < 1.29 is 0 Å². The van der Waals surface area contributed by atoms with Crippen LogP contribution in [-0.2, 0) is 6.54 Å². The molecule has 10 heteroatoms. The molecule has 2 aromatic carbocycles. The van der Waals surface area contributed by atoms with E-state index in [1.165, 1.54) is 12.0 Å². The van der Waals surface area contributed by atoms with Gasteiger partial charge in [-0.1, -0.05) is 30.3 Å². The lowest BCUT2D eigenvalue weighted by Crippen LogP contribution is -2.52. The van der Waals surface area contributed by atoms with E-state index in [9.17, 15) is 0 Å². The highest BCUT2D eigenvalue weighted by atomic mass is 15.4. The van der Waals surface area contributed by atoms with Crippen LogP contribution in [0.2, 0.25) is 0 Å². The Balaban J connectivity index is 1.04. The molecule has 216 valence electrons. The first-order valence-electron chi connectivity index (χ1n) is 15.1. The minimum absolute atomic E-state index is 0.111. The third-order valence-corrected chi connectivity index (χ3v) is 9.31. The molecule has 1 aliphatic carbocycles. The second kappa shape index (κ2) is 11.6. The first-order chi connectivity index (χ1) is 20.2. The van der Waals surface area contributed by atoms with Crippen LogP contribution < -0.4 is 21.3 Å². The molecule has 4 heterocycles. The number of nitrogens with one attached hydrogen (secondary N) is 5. The summed E-state index contributed by atoms with van der Waals surface area (Å²) in [5.41, 5.74) is 3.50. The van der Waals surface area contributed by atoms with Crippen LogP contribution in [0, 0.1) is 5.92 Å². The molecule has 5 N–H and O–H groups in total. The predicted octanol–water partition coefficient (Wildman–Crippen LogP) is 2.54. The molecule has 0 radical (unpaired) electrons. The molecule has 0 bridgehead atoms. The molecule has 3 aliphatic heterocycles. The van der Waals surface area contributed by atoms with Gasteiger partial charge in [0.1, 0.15) is 0 Å². The molecule has 3 aromatic rings. The van der Waals surface area contributed by atoms with Gasteiger partial charge in [0.25, 0.3) is 0 Å². The highest BCUT2D eigenvalue weighted by Crippen LogP contribution is 2.31. The van der Waals surface area contributed by atoms with Gasteiger partial charge < -0.3 is 31.1 Å². The zero-order valence-electron chi connectivity index (χ0n) is 23.8. The van der Waals surface area contributed by atoms with Gasteiger partial charge in [0.15, 0.2) is 12.2 Å². The van der Waals surface area contributed by atoms with E-state index in [0.717, 1.165) is 74.7 Å². The zero-order valence-corrected chi connectivity index (χ0v) is 23.8. The molecule has 5 unspecified atom stereocenters. The van der Waals surface area contributed by atoms with Crippen molar-refractivity contribution in [1.29, 1.82) is 0 Å². The van der Waals surface area contributed by atoms with Crippen LogP contribution >= 0.6 is 0 Å². The molecule has 41 heavy (non-hydrogen) atoms. The number of rotatable bonds is 7. The maximum Gasteiger partial charge on any atom is 0.200 e. The van der Waals surface area contributed by atoms with Crippen molar-refractivity contribution in [2.75, 3.05) is 45.1 Å². The summed E-state index contributed by atoms with van der Waals surface area (Å²) in [6.45, 7) is 6.37. The van der Waals surface area contributed by atoms with Gasteiger partial charge in [-0.25, -0.2) is 4.99 Å². The number of benzene rings is 2. The monoisotopic (exact) mass is 554 g/mol. The standard InChI is InChI=1S/C31H42N10/c1-39-13-15-40(16-14-39)29-10-9-26-28(17-24(29)19-33-25-8-7-23-20-34-38-27(23)18-25)36-30(35-26)37-31-32-11-12-41(31)21-22-5-3-2-4-6-22/h2-8,11-12,18,20,24,26,28-29,31-33H,9-10,13-17,19,21H2,1H3,(H,34,38)(H2,35,36,37). The smallest absolute Gasteiger partial charge is 0.200 e. The summed E-state index contributed by atoms with van der Waals surface area (Å²) < 4.78 is 0. The molecule has 7 rings (SSSR count). The molecule has 10 nitrogen and oxygen atoms in total. The average molecular weight is 555 g/mol. The quantitative estimate of drug-likeness (QED) is 0.304. The van der Waals surface area contributed by atoms with E-state index in [-0.39, 0.29) is 6.29 Å². The Morgan fingerprint density at radius 1 is 1.00 bits per heavy atom. The molecule has 4 aliphatic rings. The summed E-state index contributed by atoms with van der Waals surface area (Å²) >= 11 is 0. The maximum atomic E-state index is 5.07. The van der Waals surface area contributed by atoms with Crippen LogP contribution in [0.5, 0.6) is 0 Å². The Labute approximate surface area is 242 Å². The molecule has 3 fully saturated rings. The van der Waals surface area contributed by atoms with Crippen molar-refractivity contribution in [2.24, 2.45) is 10.9 Å². The number of hydrogen-bond donors (Lipinski definition) is 5. The third kappa shape index (κ3) is 5.85. The number of guanidine groups is 1. The number of H-pyrrole nitrogens is 1. The highest BCUT2D eigenvalue weighted by molar-refractivity contribution is 5.83. The molecule has 0 amide bonds. The number of aliphatic imine (C=N–C) groups is 1. The number of anilines is 1. The Hall–Kier alpha value is -3.76. The van der Waals surface area contributed by atoms with E-state index in [4.69, 9.17) is 4.99 Å². The summed E-state index contributed by atoms with van der Waals surface area (Å²) in [7, 11) is 2.24. The predicted molar refractivity (Wildman–Crippen MR) is 164 cm³/mol. The van der Waals surface area contributed by atoms with Gasteiger partial charge >= 0.3 is 0 Å². The fourth-order valence-electron chi connectivity index (χ4n) is 6.95. The first-order valence-corrected chi connectivity index (χ1v) is 15.1. The number of hydrogen-bond acceptors (Lipinski definition) is 7. The summed E-state index contributed by atoms with van der Waals surface area (Å²) in [5.74, 6) is 1.44. The van der Waals surface area contributed by atoms with E-state index in [0.29, 0.717) is 24.0 Å². The number of nitrogens with zero attached hydrogens (tertiary/aromatic N) is 5. The fourth-order valence-corrected chi connectivity index (χ4v) is 6.95. The lowest BCUT2D eigenvalue weighted by molar-refractivity contribution is 0.0779. The van der Waals surface area contributed by atoms with Gasteiger partial charge in [-0.2, -0.15) is 5.10 Å². The molecule has 1 aromatic heterocycles. The van der Waals surface area contributed by atoms with Gasteiger partial charge in [-0.3, -0.25) is 10.00 Å². The molecular weight excluding hydrogens is 512 g/mol. The number of piperazine rings is 1. The van der Waals surface area contributed by atoms with E-state index in [1.54, 1.807) is 0 Å². The lowest BCUT2D eigenvalue weighted by atomic mass is 9.91. The van der Waals surface area contributed by atoms with Crippen LogP contribution in [-0.4, -0.2) is 95.0 Å². The second-order valence-electron chi connectivity index (χ2n) is 12.0. The SMILES string of the molecule is CN1CCN(C2CCC3N/C(=N/C4NC=CN4Cc4ccccc4)NC3CC2CNc2ccc3cn[nH]c3c2)CC1. The maximum absolute atomic E-state index is 5.07. The Kier molecular flexibility index (Phi) is 7.41. The van der Waals surface area contributed by atoms with Crippen LogP contribution in [0.4, 0.5) is 5.69 Å². The molecule has 5 atom stereocenters. The summed E-state index contributed by atoms with van der Waals surface area (Å²) in [6.07, 6.45) is 9.31. The van der Waals surface area contributed by atoms with Gasteiger partial charge in [0.05, 0.1) is 11.7 Å². The molecule has 0 spiro atoms. The minimum Gasteiger partial charge on any atom is -0.385 e. The van der Waals surface area contributed by atoms with Crippen molar-refractivity contribution in [3.05, 3.63) is 72.7 Å². The van der Waals surface area contributed by atoms with Crippen molar-refractivity contribution in [3.63, 3.8) is 0 Å². The number of aromatic nitrogens is 2. The topological polar surface area (TPSA) is 98.9 Å². The van der Waals surface area contributed by atoms with Crippen LogP contribution in [0.25, 0.3) is 10.9 Å². The number of fused-ring (bicyclic) bond motifs is 2. The normalized spacial score (nSPS) is 29.6. The van der Waals surface area contributed by atoms with E-state index in [2.05, 4.69) is 108 Å². The lowest BCUT2D eigenvalue weighted by Gasteiger charge is -2.41.